The first-order chi connectivity index (χ1) is 66.7. The van der Waals surface area contributed by atoms with Crippen molar-refractivity contribution in [3.8, 4) is 90.1 Å². The summed E-state index contributed by atoms with van der Waals surface area (Å²) in [4.78, 5) is 28.0. The van der Waals surface area contributed by atoms with E-state index in [4.69, 9.17) is 9.97 Å². The van der Waals surface area contributed by atoms with Gasteiger partial charge in [-0.1, -0.05) is 346 Å². The molecule has 18 rings (SSSR count). The maximum absolute atomic E-state index is 12.8. The van der Waals surface area contributed by atoms with E-state index in [0.29, 0.717) is 22.5 Å². The van der Waals surface area contributed by atoms with Gasteiger partial charge in [-0.25, -0.2) is 0 Å². The van der Waals surface area contributed by atoms with Gasteiger partial charge in [0.1, 0.15) is 0 Å². The smallest absolute Gasteiger partial charge is 0.657 e. The molecule has 0 atom stereocenters. The van der Waals surface area contributed by atoms with Gasteiger partial charge in [-0.2, -0.15) is 26.3 Å². The minimum atomic E-state index is -4.38. The average molecular weight is 2120 g/mol. The summed E-state index contributed by atoms with van der Waals surface area (Å²) in [7, 11) is 8.53. The first-order valence-electron chi connectivity index (χ1n) is 46.9. The van der Waals surface area contributed by atoms with Crippen LogP contribution in [-0.4, -0.2) is 19.9 Å². The Labute approximate surface area is 885 Å². The molecular weight excluding hydrogens is 1990 g/mol. The standard InChI is InChI=1S/2C23H20F3N.2C21H19N.2C12H8N.4C3H8.2ClH.4Ni/c2*1-15-5-7-16(8-6-15)20-13-19(22(2,3)4)14-21(27-20)17-9-11-18(12-10-17)23(24,25)26;2*1-21(2,3)18-14-19(16-10-6-4-7-11-16)22-20(15-18)17-12-8-5-9-13-17;2*1-3-7-11-9(5-1)10-6-2-4-8-12(10)13-11;4*1-3-2;;;;;;/h2*5-7,9,11-14H,1-4H3;2*4-10,12,14-15H,1-3H3;2*1-8H;4*3H2,1-2H3;2*1H;;;;/q4*-2;2*-1;;;;;;;2*+1;2*+3/p-2. The number of hydrogen-bond donors (Lipinski definition) is 0. The molecule has 0 fully saturated rings. The summed E-state index contributed by atoms with van der Waals surface area (Å²) in [5.41, 5.74) is 22.9. The second-order valence-electron chi connectivity index (χ2n) is 37.3. The molecule has 0 unspecified atom stereocenters. The predicted molar refractivity (Wildman–Crippen MR) is 571 cm³/mol. The first kappa shape index (κ1) is 121. The number of nitrogens with zero attached hydrogens (tertiary/aromatic N) is 6. The van der Waals surface area contributed by atoms with Crippen LogP contribution in [0.3, 0.4) is 0 Å². The van der Waals surface area contributed by atoms with Crippen molar-refractivity contribution in [1.29, 1.82) is 0 Å². The molecule has 6 nitrogen and oxygen atoms in total. The van der Waals surface area contributed by atoms with E-state index in [-0.39, 0.29) is 54.6 Å². The number of halogens is 8. The van der Waals surface area contributed by atoms with Crippen molar-refractivity contribution >= 4 is 64.0 Å². The number of rotatable bonds is 8. The van der Waals surface area contributed by atoms with E-state index >= 15 is 0 Å². The number of benzene rings is 12. The van der Waals surface area contributed by atoms with Gasteiger partial charge < -0.3 is 29.9 Å². The molecule has 18 aromatic rings. The van der Waals surface area contributed by atoms with Gasteiger partial charge in [0.2, 0.25) is 0 Å². The summed E-state index contributed by atoms with van der Waals surface area (Å²) < 4.78 is 76.9. The fourth-order valence-electron chi connectivity index (χ4n) is 13.5. The Kier molecular flexibility index (Phi) is 50.7. The number of alkyl halides is 6. The third-order valence-electron chi connectivity index (χ3n) is 20.7. The van der Waals surface area contributed by atoms with Crippen LogP contribution in [0.25, 0.3) is 134 Å². The molecule has 12 aromatic carbocycles. The van der Waals surface area contributed by atoms with Crippen LogP contribution in [-0.2, 0) is 96.1 Å². The third-order valence-corrected chi connectivity index (χ3v) is 20.7. The predicted octanol–water partition coefficient (Wildman–Crippen LogP) is 36.8. The molecule has 752 valence electrons. The summed E-state index contributed by atoms with van der Waals surface area (Å²) >= 11 is 6.69. The van der Waals surface area contributed by atoms with Crippen molar-refractivity contribution in [2.45, 2.75) is 212 Å². The van der Waals surface area contributed by atoms with Crippen LogP contribution in [0.15, 0.2) is 315 Å². The van der Waals surface area contributed by atoms with Crippen LogP contribution < -0.4 is 9.97 Å². The van der Waals surface area contributed by atoms with Crippen molar-refractivity contribution in [3.05, 3.63) is 408 Å². The van der Waals surface area contributed by atoms with Crippen molar-refractivity contribution in [3.63, 3.8) is 0 Å². The van der Waals surface area contributed by atoms with E-state index < -0.39 is 23.5 Å². The van der Waals surface area contributed by atoms with Crippen LogP contribution in [0.4, 0.5) is 26.3 Å². The van der Waals surface area contributed by atoms with Gasteiger partial charge in [0.05, 0.1) is 0 Å². The minimum absolute atomic E-state index is 0. The molecule has 0 aliphatic rings. The van der Waals surface area contributed by atoms with Crippen LogP contribution in [0.2, 0.25) is 0 Å². The largest absolute Gasteiger partial charge is 3.00 e. The number of pyridine rings is 4. The third kappa shape index (κ3) is 37.6. The average Bonchev–Trinajstić information content (AvgIpc) is 1.45. The second-order valence-corrected chi connectivity index (χ2v) is 37.3. The van der Waals surface area contributed by atoms with Gasteiger partial charge in [0, 0.05) is 0 Å². The van der Waals surface area contributed by atoms with Crippen molar-refractivity contribution < 1.29 is 88.5 Å². The minimum Gasteiger partial charge on any atom is -0.657 e. The zero-order valence-electron chi connectivity index (χ0n) is 84.8. The van der Waals surface area contributed by atoms with Gasteiger partial charge >= 0.3 is 94.9 Å². The molecule has 2 radical (unpaired) electrons. The molecule has 0 N–H and O–H groups in total. The molecule has 0 aliphatic heterocycles. The fraction of sp³-hybridized carbons (Fsp3) is 0.258. The van der Waals surface area contributed by atoms with Crippen molar-refractivity contribution in [2.24, 2.45) is 0 Å². The molecule has 0 saturated carbocycles. The summed E-state index contributed by atoms with van der Waals surface area (Å²) in [6.07, 6.45) is -3.75. The zero-order valence-corrected chi connectivity index (χ0v) is 90.3. The Hall–Kier alpha value is -11.0. The molecular formula is C124H126Cl2F6N6Ni4-4. The molecule has 0 saturated heterocycles. The Balaban J connectivity index is 0.000000294. The van der Waals surface area contributed by atoms with E-state index in [0.717, 1.165) is 136 Å². The van der Waals surface area contributed by atoms with E-state index in [9.17, 15) is 26.3 Å². The van der Waals surface area contributed by atoms with Crippen molar-refractivity contribution in [1.82, 2.24) is 29.9 Å². The first-order valence-corrected chi connectivity index (χ1v) is 49.6. The Bertz CT molecular complexity index is 6070. The maximum Gasteiger partial charge on any atom is 3.00 e. The monoisotopic (exact) mass is 2110 g/mol. The summed E-state index contributed by atoms with van der Waals surface area (Å²) in [6.45, 7) is 46.8. The van der Waals surface area contributed by atoms with Gasteiger partial charge in [0.25, 0.3) is 0 Å². The topological polar surface area (TPSA) is 79.8 Å². The Morgan fingerprint density at radius 3 is 0.570 bits per heavy atom. The van der Waals surface area contributed by atoms with Gasteiger partial charge in [0.15, 0.2) is 0 Å². The van der Waals surface area contributed by atoms with Crippen LogP contribution >= 0.6 is 20.4 Å². The molecule has 142 heavy (non-hydrogen) atoms. The quantitative estimate of drug-likeness (QED) is 0.0857. The van der Waals surface area contributed by atoms with Gasteiger partial charge in [-0.05, 0) is 99.9 Å². The van der Waals surface area contributed by atoms with Crippen molar-refractivity contribution in [2.75, 3.05) is 0 Å². The molecule has 0 bridgehead atoms. The van der Waals surface area contributed by atoms with E-state index in [2.05, 4.69) is 354 Å². The number of fused-ring (bicyclic) bond motifs is 6. The van der Waals surface area contributed by atoms with Crippen LogP contribution in [0, 0.1) is 62.4 Å². The summed E-state index contributed by atoms with van der Waals surface area (Å²) in [5.74, 6) is 0. The van der Waals surface area contributed by atoms with Gasteiger partial charge in [-0.3, -0.25) is 0 Å². The second kappa shape index (κ2) is 59.3. The fourth-order valence-corrected chi connectivity index (χ4v) is 13.5. The molecule has 0 aliphatic carbocycles. The molecule has 6 aromatic heterocycles. The zero-order chi connectivity index (χ0) is 103. The number of hydrogen-bond acceptors (Lipinski definition) is 4. The molecule has 0 amide bonds. The molecule has 18 heteroatoms. The number of aryl methyl sites for hydroxylation is 2. The van der Waals surface area contributed by atoms with E-state index in [1.54, 1.807) is 0 Å². The summed E-state index contributed by atoms with van der Waals surface area (Å²) in [6, 6.07) is 125. The maximum atomic E-state index is 12.8. The Morgan fingerprint density at radius 2 is 0.415 bits per heavy atom. The van der Waals surface area contributed by atoms with E-state index in [1.807, 2.05) is 196 Å². The summed E-state index contributed by atoms with van der Waals surface area (Å²) in [5, 5.41) is 4.99. The number of para-hydroxylation sites is 4. The van der Waals surface area contributed by atoms with E-state index in [1.165, 1.54) is 70.5 Å². The molecule has 0 spiro atoms. The Morgan fingerprint density at radius 1 is 0.239 bits per heavy atom. The normalized spacial score (nSPS) is 10.8. The molecule has 6 heterocycles. The number of aromatic nitrogens is 6. The van der Waals surface area contributed by atoms with Crippen LogP contribution in [0.5, 0.6) is 0 Å². The SMILES string of the molecule is CC(C)(C)c1cc(-c2[c-]cccc2)nc(-c2[c-]cccc2)c1.CC(C)(C)c1cc(-c2[c-]cccc2)nc(-c2[c-]cccc2)c1.CCC.CCC.CCC.CCC.Cc1c[c-]c(-c2cc(C(C)(C)C)cc(-c3[c-]cc(C(F)(F)F)cc3)n2)cc1.Cc1c[c-]c(-c2cc(C(C)(C)C)cc(-c3[c-]cc(C(F)(F)F)cc3)n2)cc1.[Cl][Ni].[Cl][Ni].[Ni+3].[Ni+3].c1ccc2c(c1)[n-]c1ccccc12.c1ccc2c(c1)[n-]c1ccccc12. The van der Waals surface area contributed by atoms with Crippen LogP contribution in [0.1, 0.15) is 209 Å². The van der Waals surface area contributed by atoms with Gasteiger partial charge in [-0.15, -0.1) is 296 Å².